The largest absolute Gasteiger partial charge is 0.376 e. The summed E-state index contributed by atoms with van der Waals surface area (Å²) >= 11 is 0. The number of fused-ring (bicyclic) bond motifs is 2. The van der Waals surface area contributed by atoms with E-state index in [9.17, 15) is 4.79 Å². The van der Waals surface area contributed by atoms with Crippen LogP contribution in [-0.4, -0.2) is 66.7 Å². The van der Waals surface area contributed by atoms with E-state index in [0.29, 0.717) is 29.8 Å². The van der Waals surface area contributed by atoms with Crippen LogP contribution < -0.4 is 5.32 Å². The number of hydrogen-bond donors (Lipinski definition) is 1. The molecular weight excluding hydrogens is 384 g/mol. The van der Waals surface area contributed by atoms with Crippen molar-refractivity contribution in [3.8, 4) is 0 Å². The van der Waals surface area contributed by atoms with Crippen molar-refractivity contribution in [3.63, 3.8) is 0 Å². The second-order valence-corrected chi connectivity index (χ2v) is 10.7. The summed E-state index contributed by atoms with van der Waals surface area (Å²) in [7, 11) is 6.07. The van der Waals surface area contributed by atoms with Crippen molar-refractivity contribution in [3.05, 3.63) is 12.3 Å². The van der Waals surface area contributed by atoms with Crippen molar-refractivity contribution in [1.82, 2.24) is 15.1 Å². The van der Waals surface area contributed by atoms with Crippen LogP contribution in [0.25, 0.3) is 0 Å². The number of hydrogen-bond acceptors (Lipinski definition) is 4. The third-order valence-corrected chi connectivity index (χ3v) is 8.14. The van der Waals surface area contributed by atoms with Crippen LogP contribution in [0, 0.1) is 23.7 Å². The number of nitrogens with one attached hydrogen (secondary N) is 1. The quantitative estimate of drug-likeness (QED) is 0.486. The van der Waals surface area contributed by atoms with Gasteiger partial charge in [-0.3, -0.25) is 14.7 Å². The molecule has 6 unspecified atom stereocenters. The Labute approximate surface area is 191 Å². The molecule has 2 fully saturated rings. The van der Waals surface area contributed by atoms with Crippen molar-refractivity contribution in [1.29, 1.82) is 0 Å². The van der Waals surface area contributed by atoms with Crippen LogP contribution in [-0.2, 0) is 4.79 Å². The number of aliphatic imine (C=N–C) groups is 1. The van der Waals surface area contributed by atoms with E-state index in [1.807, 2.05) is 19.0 Å². The second kappa shape index (κ2) is 11.0. The van der Waals surface area contributed by atoms with Crippen LogP contribution in [0.15, 0.2) is 17.3 Å². The molecule has 1 aliphatic heterocycles. The van der Waals surface area contributed by atoms with Crippen LogP contribution in [0.2, 0.25) is 0 Å². The zero-order valence-electron chi connectivity index (χ0n) is 21.6. The van der Waals surface area contributed by atoms with Gasteiger partial charge in [0.25, 0.3) is 0 Å². The summed E-state index contributed by atoms with van der Waals surface area (Å²) in [6.45, 7) is 17.5. The number of carbonyl (C=O) groups excluding carboxylic acids is 1. The fourth-order valence-electron chi connectivity index (χ4n) is 6.15. The van der Waals surface area contributed by atoms with Crippen molar-refractivity contribution in [2.45, 2.75) is 97.8 Å². The number of likely N-dealkylation sites (N-methyl/N-ethyl adjacent to an activating group) is 2. The molecule has 1 saturated carbocycles. The first-order valence-electron chi connectivity index (χ1n) is 12.4. The molecular formula is C26H48N4O. The van der Waals surface area contributed by atoms with E-state index < -0.39 is 0 Å². The van der Waals surface area contributed by atoms with Crippen LogP contribution >= 0.6 is 0 Å². The highest BCUT2D eigenvalue weighted by molar-refractivity contribution is 5.83. The average molecular weight is 433 g/mol. The Balaban J connectivity index is 2.16. The zero-order chi connectivity index (χ0) is 23.5. The minimum atomic E-state index is -0.246. The molecule has 1 aliphatic carbocycles. The maximum Gasteiger partial charge on any atom is 0.245 e. The predicted octanol–water partition coefficient (Wildman–Crippen LogP) is 4.59. The van der Waals surface area contributed by atoms with Gasteiger partial charge in [0.15, 0.2) is 0 Å². The molecule has 0 aromatic carbocycles. The fraction of sp³-hybridized carbons (Fsp3) is 0.846. The van der Waals surface area contributed by atoms with Gasteiger partial charge >= 0.3 is 0 Å². The van der Waals surface area contributed by atoms with Gasteiger partial charge in [0.2, 0.25) is 5.91 Å². The smallest absolute Gasteiger partial charge is 0.245 e. The van der Waals surface area contributed by atoms with E-state index in [1.54, 1.807) is 0 Å². The first-order chi connectivity index (χ1) is 14.5. The SMILES string of the molecule is C=C(NC(C(=O)N(C)C(C(C)CC)C(C)CC(C)=NC)C(C)C)C1C2CC[C@@H](C2)N1C. The normalized spacial score (nSPS) is 27.8. The number of amides is 1. The van der Waals surface area contributed by atoms with Crippen molar-refractivity contribution >= 4 is 11.6 Å². The monoisotopic (exact) mass is 432 g/mol. The molecule has 1 N–H and O–H groups in total. The third-order valence-electron chi connectivity index (χ3n) is 8.14. The first kappa shape index (κ1) is 25.9. The van der Waals surface area contributed by atoms with E-state index in [-0.39, 0.29) is 23.9 Å². The fourth-order valence-corrected chi connectivity index (χ4v) is 6.15. The van der Waals surface area contributed by atoms with Gasteiger partial charge in [0.1, 0.15) is 6.04 Å². The summed E-state index contributed by atoms with van der Waals surface area (Å²) in [6, 6.07) is 0.981. The molecule has 31 heavy (non-hydrogen) atoms. The molecule has 178 valence electrons. The minimum absolute atomic E-state index is 0.185. The lowest BCUT2D eigenvalue weighted by molar-refractivity contribution is -0.137. The van der Waals surface area contributed by atoms with Gasteiger partial charge in [-0.1, -0.05) is 47.6 Å². The van der Waals surface area contributed by atoms with E-state index in [1.165, 1.54) is 19.3 Å². The van der Waals surface area contributed by atoms with E-state index in [4.69, 9.17) is 0 Å². The Bertz CT molecular complexity index is 656. The summed E-state index contributed by atoms with van der Waals surface area (Å²) in [4.78, 5) is 22.6. The number of likely N-dealkylation sites (tertiary alicyclic amines) is 1. The molecule has 0 spiro atoms. The van der Waals surface area contributed by atoms with Crippen LogP contribution in [0.1, 0.15) is 73.6 Å². The zero-order valence-corrected chi connectivity index (χ0v) is 21.6. The standard InChI is InChI=1S/C26H48N4O/c1-11-17(4)24(18(5)14-19(6)27-8)30(10)26(31)23(16(2)3)28-20(7)25-21-12-13-22(15-21)29(25)9/h16-18,21-25,28H,7,11-15H2,1-6,8-10H3/t17?,18?,21?,22-,23?,24?,25?/m0/s1. The lowest BCUT2D eigenvalue weighted by Crippen LogP contribution is -2.55. The van der Waals surface area contributed by atoms with Gasteiger partial charge in [0.05, 0.1) is 6.04 Å². The van der Waals surface area contributed by atoms with Gasteiger partial charge in [0, 0.05) is 37.6 Å². The summed E-state index contributed by atoms with van der Waals surface area (Å²) < 4.78 is 0. The van der Waals surface area contributed by atoms with Crippen LogP contribution in [0.4, 0.5) is 0 Å². The molecule has 1 saturated heterocycles. The molecule has 0 aromatic heterocycles. The molecule has 2 aliphatic rings. The van der Waals surface area contributed by atoms with E-state index >= 15 is 0 Å². The summed E-state index contributed by atoms with van der Waals surface area (Å²) in [5, 5.41) is 3.61. The highest BCUT2D eigenvalue weighted by Crippen LogP contribution is 2.43. The summed E-state index contributed by atoms with van der Waals surface area (Å²) in [6.07, 6.45) is 5.83. The Morgan fingerprint density at radius 1 is 1.23 bits per heavy atom. The Hall–Kier alpha value is -1.36. The topological polar surface area (TPSA) is 47.9 Å². The molecule has 1 amide bonds. The molecule has 0 radical (unpaired) electrons. The van der Waals surface area contributed by atoms with Crippen molar-refractivity contribution < 1.29 is 4.79 Å². The molecule has 0 aromatic rings. The van der Waals surface area contributed by atoms with E-state index in [0.717, 1.165) is 24.3 Å². The predicted molar refractivity (Wildman–Crippen MR) is 132 cm³/mol. The van der Waals surface area contributed by atoms with Crippen LogP contribution in [0.5, 0.6) is 0 Å². The molecule has 5 nitrogen and oxygen atoms in total. The first-order valence-corrected chi connectivity index (χ1v) is 12.4. The van der Waals surface area contributed by atoms with Crippen LogP contribution in [0.3, 0.4) is 0 Å². The average Bonchev–Trinajstić information content (AvgIpc) is 3.32. The van der Waals surface area contributed by atoms with E-state index in [2.05, 4.69) is 70.4 Å². The highest BCUT2D eigenvalue weighted by atomic mass is 16.2. The number of piperidine rings is 1. The molecule has 5 heteroatoms. The lowest BCUT2D eigenvalue weighted by atomic mass is 9.84. The molecule has 2 bridgehead atoms. The number of nitrogens with zero attached hydrogens (tertiary/aromatic N) is 3. The minimum Gasteiger partial charge on any atom is -0.376 e. The molecule has 1 heterocycles. The van der Waals surface area contributed by atoms with Crippen molar-refractivity contribution in [2.24, 2.45) is 28.7 Å². The number of rotatable bonds is 11. The van der Waals surface area contributed by atoms with Gasteiger partial charge < -0.3 is 10.2 Å². The summed E-state index contributed by atoms with van der Waals surface area (Å²) in [5.41, 5.74) is 2.17. The summed E-state index contributed by atoms with van der Waals surface area (Å²) in [5.74, 6) is 1.86. The maximum atomic E-state index is 13.8. The molecule has 2 rings (SSSR count). The highest BCUT2D eigenvalue weighted by Gasteiger charge is 2.45. The maximum absolute atomic E-state index is 13.8. The Kier molecular flexibility index (Phi) is 9.17. The third kappa shape index (κ3) is 5.71. The Morgan fingerprint density at radius 2 is 1.87 bits per heavy atom. The van der Waals surface area contributed by atoms with Gasteiger partial charge in [-0.15, -0.1) is 0 Å². The second-order valence-electron chi connectivity index (χ2n) is 10.7. The van der Waals surface area contributed by atoms with Crippen molar-refractivity contribution in [2.75, 3.05) is 21.1 Å². The lowest BCUT2D eigenvalue weighted by Gasteiger charge is -2.41. The molecule has 7 atom stereocenters. The number of carbonyl (C=O) groups is 1. The Morgan fingerprint density at radius 3 is 2.35 bits per heavy atom. The van der Waals surface area contributed by atoms with Gasteiger partial charge in [-0.05, 0) is 63.3 Å². The van der Waals surface area contributed by atoms with Gasteiger partial charge in [-0.25, -0.2) is 0 Å². The van der Waals surface area contributed by atoms with Gasteiger partial charge in [-0.2, -0.15) is 0 Å².